The van der Waals surface area contributed by atoms with Crippen LogP contribution in [0, 0.1) is 0 Å². The van der Waals surface area contributed by atoms with Gasteiger partial charge in [0.25, 0.3) is 5.91 Å². The minimum absolute atomic E-state index is 0.0224. The molecule has 1 aromatic carbocycles. The van der Waals surface area contributed by atoms with Gasteiger partial charge in [-0.15, -0.1) is 0 Å². The Hall–Kier alpha value is -1.88. The van der Waals surface area contributed by atoms with Crippen molar-refractivity contribution in [3.8, 4) is 0 Å². The number of methoxy groups -OCH3 is 1. The van der Waals surface area contributed by atoms with Crippen molar-refractivity contribution in [2.45, 2.75) is 37.8 Å². The quantitative estimate of drug-likeness (QED) is 0.919. The lowest BCUT2D eigenvalue weighted by atomic mass is 9.92. The third-order valence-electron chi connectivity index (χ3n) is 4.33. The SMILES string of the molecule is COCc1cccc(N2CC(=O)NC3(CCCC3)C2=O)c1. The van der Waals surface area contributed by atoms with Gasteiger partial charge in [0.15, 0.2) is 0 Å². The van der Waals surface area contributed by atoms with Crippen molar-refractivity contribution in [1.29, 1.82) is 0 Å². The van der Waals surface area contributed by atoms with Gasteiger partial charge in [0.1, 0.15) is 12.1 Å². The van der Waals surface area contributed by atoms with Crippen LogP contribution in [0.1, 0.15) is 31.2 Å². The first-order valence-corrected chi connectivity index (χ1v) is 7.35. The zero-order chi connectivity index (χ0) is 14.9. The van der Waals surface area contributed by atoms with Crippen molar-refractivity contribution >= 4 is 17.5 Å². The Bertz CT molecular complexity index is 564. The van der Waals surface area contributed by atoms with E-state index in [-0.39, 0.29) is 18.4 Å². The number of amides is 2. The lowest BCUT2D eigenvalue weighted by Crippen LogP contribution is -2.65. The second kappa shape index (κ2) is 5.48. The summed E-state index contributed by atoms with van der Waals surface area (Å²) in [5.41, 5.74) is 1.09. The number of carbonyl (C=O) groups excluding carboxylic acids is 2. The monoisotopic (exact) mass is 288 g/mol. The van der Waals surface area contributed by atoms with Crippen LogP contribution >= 0.6 is 0 Å². The van der Waals surface area contributed by atoms with E-state index >= 15 is 0 Å². The Morgan fingerprint density at radius 1 is 1.29 bits per heavy atom. The third kappa shape index (κ3) is 2.53. The molecule has 1 saturated carbocycles. The molecule has 3 rings (SSSR count). The summed E-state index contributed by atoms with van der Waals surface area (Å²) in [6.07, 6.45) is 3.46. The van der Waals surface area contributed by atoms with Gasteiger partial charge in [-0.25, -0.2) is 0 Å². The number of carbonyl (C=O) groups is 2. The fourth-order valence-corrected chi connectivity index (χ4v) is 3.34. The maximum atomic E-state index is 12.8. The van der Waals surface area contributed by atoms with Crippen molar-refractivity contribution in [3.63, 3.8) is 0 Å². The maximum absolute atomic E-state index is 12.8. The molecular weight excluding hydrogens is 268 g/mol. The fourth-order valence-electron chi connectivity index (χ4n) is 3.34. The number of benzene rings is 1. The summed E-state index contributed by atoms with van der Waals surface area (Å²) in [4.78, 5) is 26.5. The Labute approximate surface area is 124 Å². The molecule has 2 amide bonds. The van der Waals surface area contributed by atoms with Crippen LogP contribution in [0.4, 0.5) is 5.69 Å². The van der Waals surface area contributed by atoms with Gasteiger partial charge in [-0.3, -0.25) is 9.59 Å². The predicted octanol–water partition coefficient (Wildman–Crippen LogP) is 1.61. The molecule has 1 spiro atoms. The van der Waals surface area contributed by atoms with Crippen molar-refractivity contribution < 1.29 is 14.3 Å². The summed E-state index contributed by atoms with van der Waals surface area (Å²) in [7, 11) is 1.64. The molecule has 1 heterocycles. The van der Waals surface area contributed by atoms with Gasteiger partial charge >= 0.3 is 0 Å². The number of nitrogens with zero attached hydrogens (tertiary/aromatic N) is 1. The largest absolute Gasteiger partial charge is 0.380 e. The molecule has 2 aliphatic rings. The topological polar surface area (TPSA) is 58.6 Å². The number of hydrogen-bond acceptors (Lipinski definition) is 3. The highest BCUT2D eigenvalue weighted by Crippen LogP contribution is 2.35. The first-order chi connectivity index (χ1) is 10.1. The molecule has 1 saturated heterocycles. The number of anilines is 1. The van der Waals surface area contributed by atoms with Crippen molar-refractivity contribution in [2.75, 3.05) is 18.6 Å². The average Bonchev–Trinajstić information content (AvgIpc) is 2.93. The van der Waals surface area contributed by atoms with Crippen molar-refractivity contribution in [2.24, 2.45) is 0 Å². The third-order valence-corrected chi connectivity index (χ3v) is 4.33. The summed E-state index contributed by atoms with van der Waals surface area (Å²) in [5.74, 6) is -0.0530. The summed E-state index contributed by atoms with van der Waals surface area (Å²) < 4.78 is 5.13. The van der Waals surface area contributed by atoms with E-state index in [1.165, 1.54) is 0 Å². The van der Waals surface area contributed by atoms with Gasteiger partial charge in [0.05, 0.1) is 6.61 Å². The molecular formula is C16H20N2O3. The highest BCUT2D eigenvalue weighted by atomic mass is 16.5. The summed E-state index contributed by atoms with van der Waals surface area (Å²) in [5, 5.41) is 2.93. The first kappa shape index (κ1) is 14.1. The lowest BCUT2D eigenvalue weighted by Gasteiger charge is -2.39. The van der Waals surface area contributed by atoms with E-state index in [0.29, 0.717) is 6.61 Å². The summed E-state index contributed by atoms with van der Waals surface area (Å²) in [6, 6.07) is 7.64. The van der Waals surface area contributed by atoms with E-state index in [1.807, 2.05) is 24.3 Å². The van der Waals surface area contributed by atoms with Crippen LogP contribution in [0.15, 0.2) is 24.3 Å². The van der Waals surface area contributed by atoms with Crippen LogP contribution in [-0.4, -0.2) is 31.0 Å². The Morgan fingerprint density at radius 3 is 2.76 bits per heavy atom. The molecule has 5 heteroatoms. The van der Waals surface area contributed by atoms with E-state index in [2.05, 4.69) is 5.32 Å². The molecule has 0 radical (unpaired) electrons. The molecule has 1 N–H and O–H groups in total. The maximum Gasteiger partial charge on any atom is 0.253 e. The van der Waals surface area contributed by atoms with Crippen molar-refractivity contribution in [1.82, 2.24) is 5.32 Å². The van der Waals surface area contributed by atoms with Gasteiger partial charge in [-0.1, -0.05) is 25.0 Å². The highest BCUT2D eigenvalue weighted by Gasteiger charge is 2.48. The van der Waals surface area contributed by atoms with E-state index in [4.69, 9.17) is 4.74 Å². The molecule has 2 fully saturated rings. The minimum Gasteiger partial charge on any atom is -0.380 e. The molecule has 0 atom stereocenters. The Kier molecular flexibility index (Phi) is 3.68. The number of rotatable bonds is 3. The fraction of sp³-hybridized carbons (Fsp3) is 0.500. The normalized spacial score (nSPS) is 20.9. The van der Waals surface area contributed by atoms with E-state index in [0.717, 1.165) is 36.9 Å². The highest BCUT2D eigenvalue weighted by molar-refractivity contribution is 6.09. The van der Waals surface area contributed by atoms with E-state index in [1.54, 1.807) is 12.0 Å². The van der Waals surface area contributed by atoms with Gasteiger partial charge in [-0.05, 0) is 30.5 Å². The van der Waals surface area contributed by atoms with Crippen LogP contribution in [0.25, 0.3) is 0 Å². The number of ether oxygens (including phenoxy) is 1. The predicted molar refractivity (Wildman–Crippen MR) is 78.8 cm³/mol. The first-order valence-electron chi connectivity index (χ1n) is 7.35. The smallest absolute Gasteiger partial charge is 0.253 e. The molecule has 1 aliphatic heterocycles. The summed E-state index contributed by atoms with van der Waals surface area (Å²) in [6.45, 7) is 0.588. The van der Waals surface area contributed by atoms with Crippen LogP contribution < -0.4 is 10.2 Å². The molecule has 21 heavy (non-hydrogen) atoms. The second-order valence-corrected chi connectivity index (χ2v) is 5.83. The van der Waals surface area contributed by atoms with E-state index < -0.39 is 5.54 Å². The number of piperazine rings is 1. The van der Waals surface area contributed by atoms with Gasteiger partial charge < -0.3 is 15.0 Å². The molecule has 1 aromatic rings. The van der Waals surface area contributed by atoms with Gasteiger partial charge in [-0.2, -0.15) is 0 Å². The number of nitrogens with one attached hydrogen (secondary N) is 1. The van der Waals surface area contributed by atoms with Crippen LogP contribution in [0.5, 0.6) is 0 Å². The molecule has 0 aromatic heterocycles. The average molecular weight is 288 g/mol. The van der Waals surface area contributed by atoms with Crippen LogP contribution in [-0.2, 0) is 20.9 Å². The lowest BCUT2D eigenvalue weighted by molar-refractivity contribution is -0.135. The molecule has 0 bridgehead atoms. The Morgan fingerprint density at radius 2 is 2.05 bits per heavy atom. The molecule has 0 unspecified atom stereocenters. The summed E-state index contributed by atoms with van der Waals surface area (Å²) >= 11 is 0. The second-order valence-electron chi connectivity index (χ2n) is 5.83. The zero-order valence-electron chi connectivity index (χ0n) is 12.2. The standard InChI is InChI=1S/C16H20N2O3/c1-21-11-12-5-4-6-13(9-12)18-10-14(19)17-16(15(18)20)7-2-3-8-16/h4-6,9H,2-3,7-8,10-11H2,1H3,(H,17,19). The van der Waals surface area contributed by atoms with Crippen LogP contribution in [0.2, 0.25) is 0 Å². The minimum atomic E-state index is -0.674. The molecule has 1 aliphatic carbocycles. The van der Waals surface area contributed by atoms with Gasteiger partial charge in [0, 0.05) is 12.8 Å². The molecule has 5 nitrogen and oxygen atoms in total. The van der Waals surface area contributed by atoms with E-state index in [9.17, 15) is 9.59 Å². The zero-order valence-corrected chi connectivity index (χ0v) is 12.2. The van der Waals surface area contributed by atoms with Gasteiger partial charge in [0.2, 0.25) is 5.91 Å². The van der Waals surface area contributed by atoms with Crippen molar-refractivity contribution in [3.05, 3.63) is 29.8 Å². The Balaban J connectivity index is 1.91. The number of hydrogen-bond donors (Lipinski definition) is 1. The molecule has 112 valence electrons. The van der Waals surface area contributed by atoms with Crippen LogP contribution in [0.3, 0.4) is 0 Å².